The Bertz CT molecular complexity index is 453. The molecule has 2 aliphatic rings. The largest absolute Gasteiger partial charge is 0.365 e. The lowest BCUT2D eigenvalue weighted by molar-refractivity contribution is 0.0214. The first-order valence-electron chi connectivity index (χ1n) is 6.78. The molecule has 96 valence electrons. The molecule has 3 nitrogen and oxygen atoms in total. The van der Waals surface area contributed by atoms with E-state index in [9.17, 15) is 5.11 Å². The fourth-order valence-corrected chi connectivity index (χ4v) is 2.69. The number of aliphatic imine (C=N–C) groups is 1. The quantitative estimate of drug-likeness (QED) is 0.886. The highest BCUT2D eigenvalue weighted by atomic mass is 16.3. The van der Waals surface area contributed by atoms with Gasteiger partial charge in [0.15, 0.2) is 5.72 Å². The molecule has 0 radical (unpaired) electrons. The Balaban J connectivity index is 1.97. The molecule has 0 aromatic heterocycles. The molecule has 18 heavy (non-hydrogen) atoms. The Hall–Kier alpha value is -1.35. The van der Waals surface area contributed by atoms with Gasteiger partial charge in [0.05, 0.1) is 0 Å². The van der Waals surface area contributed by atoms with Gasteiger partial charge in [-0.05, 0) is 19.3 Å². The molecule has 1 aliphatic heterocycles. The summed E-state index contributed by atoms with van der Waals surface area (Å²) in [6.07, 6.45) is 4.28. The zero-order chi connectivity index (χ0) is 12.6. The van der Waals surface area contributed by atoms with Gasteiger partial charge in [-0.3, -0.25) is 0 Å². The maximum atomic E-state index is 11.0. The topological polar surface area (TPSA) is 35.8 Å². The summed E-state index contributed by atoms with van der Waals surface area (Å²) in [7, 11) is 2.06. The van der Waals surface area contributed by atoms with Crippen molar-refractivity contribution in [3.63, 3.8) is 0 Å². The number of likely N-dealkylation sites (tertiary alicyclic amines) is 1. The van der Waals surface area contributed by atoms with E-state index in [-0.39, 0.29) is 0 Å². The highest BCUT2D eigenvalue weighted by Gasteiger charge is 2.45. The monoisotopic (exact) mass is 244 g/mol. The van der Waals surface area contributed by atoms with Gasteiger partial charge in [0.2, 0.25) is 0 Å². The highest BCUT2D eigenvalue weighted by Crippen LogP contribution is 2.47. The maximum Gasteiger partial charge on any atom is 0.187 e. The van der Waals surface area contributed by atoms with Crippen LogP contribution in [-0.2, 0) is 5.72 Å². The SMILES string of the molecule is CN1CCCC1=NC(O)(c1ccccc1)C1CC1. The van der Waals surface area contributed by atoms with E-state index in [1.807, 2.05) is 30.3 Å². The van der Waals surface area contributed by atoms with Crippen molar-refractivity contribution in [3.05, 3.63) is 35.9 Å². The molecule has 1 N–H and O–H groups in total. The predicted molar refractivity (Wildman–Crippen MR) is 72.4 cm³/mol. The molecule has 1 aromatic rings. The van der Waals surface area contributed by atoms with E-state index >= 15 is 0 Å². The van der Waals surface area contributed by atoms with E-state index in [2.05, 4.69) is 11.9 Å². The van der Waals surface area contributed by atoms with Gasteiger partial charge >= 0.3 is 0 Å². The lowest BCUT2D eigenvalue weighted by Gasteiger charge is -2.26. The zero-order valence-corrected chi connectivity index (χ0v) is 10.8. The summed E-state index contributed by atoms with van der Waals surface area (Å²) < 4.78 is 0. The standard InChI is InChI=1S/C15H20N2O/c1-17-11-5-8-14(17)16-15(18,13-9-10-13)12-6-3-2-4-7-12/h2-4,6-7,13,18H,5,8-11H2,1H3. The average molecular weight is 244 g/mol. The summed E-state index contributed by atoms with van der Waals surface area (Å²) in [6, 6.07) is 9.89. The predicted octanol–water partition coefficient (Wildman–Crippen LogP) is 2.37. The van der Waals surface area contributed by atoms with Crippen LogP contribution in [0.3, 0.4) is 0 Å². The van der Waals surface area contributed by atoms with Crippen LogP contribution in [0.2, 0.25) is 0 Å². The third kappa shape index (κ3) is 2.03. The number of nitrogens with zero attached hydrogens (tertiary/aromatic N) is 2. The van der Waals surface area contributed by atoms with Crippen LogP contribution >= 0.6 is 0 Å². The van der Waals surface area contributed by atoms with Gasteiger partial charge in [0.25, 0.3) is 0 Å². The molecule has 0 spiro atoms. The molecule has 3 rings (SSSR count). The summed E-state index contributed by atoms with van der Waals surface area (Å²) in [4.78, 5) is 6.88. The first-order chi connectivity index (χ1) is 8.70. The number of rotatable bonds is 3. The zero-order valence-electron chi connectivity index (χ0n) is 10.8. The minimum absolute atomic E-state index is 0.293. The molecule has 1 unspecified atom stereocenters. The molecule has 1 heterocycles. The number of benzene rings is 1. The second-order valence-electron chi connectivity index (χ2n) is 5.42. The third-order valence-electron chi connectivity index (χ3n) is 3.98. The van der Waals surface area contributed by atoms with Gasteiger partial charge in [-0.1, -0.05) is 30.3 Å². The Morgan fingerprint density at radius 1 is 1.28 bits per heavy atom. The van der Waals surface area contributed by atoms with E-state index in [1.165, 1.54) is 0 Å². The molecular weight excluding hydrogens is 224 g/mol. The van der Waals surface area contributed by atoms with Gasteiger partial charge in [-0.15, -0.1) is 0 Å². The number of aliphatic hydroxyl groups is 1. The van der Waals surface area contributed by atoms with Crippen LogP contribution in [-0.4, -0.2) is 29.4 Å². The van der Waals surface area contributed by atoms with Crippen molar-refractivity contribution < 1.29 is 5.11 Å². The molecule has 1 saturated carbocycles. The van der Waals surface area contributed by atoms with Gasteiger partial charge < -0.3 is 10.0 Å². The summed E-state index contributed by atoms with van der Waals surface area (Å²) >= 11 is 0. The normalized spacial score (nSPS) is 25.4. The van der Waals surface area contributed by atoms with E-state index in [4.69, 9.17) is 4.99 Å². The van der Waals surface area contributed by atoms with Crippen LogP contribution in [0.1, 0.15) is 31.2 Å². The average Bonchev–Trinajstić information content (AvgIpc) is 3.17. The van der Waals surface area contributed by atoms with E-state index in [0.717, 1.165) is 43.6 Å². The molecule has 2 fully saturated rings. The molecule has 1 atom stereocenters. The minimum atomic E-state index is -1.00. The maximum absolute atomic E-state index is 11.0. The molecular formula is C15H20N2O. The van der Waals surface area contributed by atoms with Gasteiger partial charge in [-0.25, -0.2) is 4.99 Å². The van der Waals surface area contributed by atoms with Crippen molar-refractivity contribution in [2.45, 2.75) is 31.4 Å². The van der Waals surface area contributed by atoms with Crippen LogP contribution < -0.4 is 0 Å². The van der Waals surface area contributed by atoms with Crippen LogP contribution in [0, 0.1) is 5.92 Å². The van der Waals surface area contributed by atoms with Crippen LogP contribution in [0.15, 0.2) is 35.3 Å². The Labute approximate surface area is 108 Å². The lowest BCUT2D eigenvalue weighted by Crippen LogP contribution is -2.30. The molecule has 1 aliphatic carbocycles. The Morgan fingerprint density at radius 2 is 2.00 bits per heavy atom. The van der Waals surface area contributed by atoms with Crippen molar-refractivity contribution in [2.24, 2.45) is 10.9 Å². The summed E-state index contributed by atoms with van der Waals surface area (Å²) in [6.45, 7) is 1.05. The van der Waals surface area contributed by atoms with Gasteiger partial charge in [-0.2, -0.15) is 0 Å². The summed E-state index contributed by atoms with van der Waals surface area (Å²) in [5.74, 6) is 1.34. The second-order valence-corrected chi connectivity index (χ2v) is 5.42. The van der Waals surface area contributed by atoms with Crippen molar-refractivity contribution in [2.75, 3.05) is 13.6 Å². The van der Waals surface area contributed by atoms with Gasteiger partial charge in [0, 0.05) is 31.5 Å². The number of amidine groups is 1. The molecule has 1 aromatic carbocycles. The fraction of sp³-hybridized carbons (Fsp3) is 0.533. The third-order valence-corrected chi connectivity index (χ3v) is 3.98. The molecule has 1 saturated heterocycles. The van der Waals surface area contributed by atoms with Crippen LogP contribution in [0.5, 0.6) is 0 Å². The smallest absolute Gasteiger partial charge is 0.187 e. The molecule has 0 amide bonds. The van der Waals surface area contributed by atoms with E-state index in [0.29, 0.717) is 5.92 Å². The Kier molecular flexibility index (Phi) is 2.86. The molecule has 0 bridgehead atoms. The van der Waals surface area contributed by atoms with E-state index < -0.39 is 5.72 Å². The second kappa shape index (κ2) is 4.39. The summed E-state index contributed by atoms with van der Waals surface area (Å²) in [5, 5.41) is 11.0. The first kappa shape index (κ1) is 11.7. The Morgan fingerprint density at radius 3 is 2.56 bits per heavy atom. The van der Waals surface area contributed by atoms with Crippen LogP contribution in [0.25, 0.3) is 0 Å². The first-order valence-corrected chi connectivity index (χ1v) is 6.78. The number of hydrogen-bond donors (Lipinski definition) is 1. The molecule has 3 heteroatoms. The number of hydrogen-bond acceptors (Lipinski definition) is 2. The fourth-order valence-electron chi connectivity index (χ4n) is 2.69. The van der Waals surface area contributed by atoms with E-state index in [1.54, 1.807) is 0 Å². The lowest BCUT2D eigenvalue weighted by atomic mass is 9.98. The minimum Gasteiger partial charge on any atom is -0.365 e. The van der Waals surface area contributed by atoms with Crippen LogP contribution in [0.4, 0.5) is 0 Å². The van der Waals surface area contributed by atoms with Crippen molar-refractivity contribution in [1.29, 1.82) is 0 Å². The highest BCUT2D eigenvalue weighted by molar-refractivity contribution is 5.84. The van der Waals surface area contributed by atoms with Crippen molar-refractivity contribution >= 4 is 5.84 Å². The van der Waals surface area contributed by atoms with Gasteiger partial charge in [0.1, 0.15) is 5.84 Å². The van der Waals surface area contributed by atoms with Crippen molar-refractivity contribution in [1.82, 2.24) is 4.90 Å². The summed E-state index contributed by atoms with van der Waals surface area (Å²) in [5.41, 5.74) is -0.0739. The van der Waals surface area contributed by atoms with Crippen molar-refractivity contribution in [3.8, 4) is 0 Å².